The molecule has 0 aromatic heterocycles. The number of halogens is 1. The van der Waals surface area contributed by atoms with Crippen molar-refractivity contribution in [3.63, 3.8) is 0 Å². The zero-order valence-corrected chi connectivity index (χ0v) is 14.8. The molecule has 0 radical (unpaired) electrons. The molecule has 0 amide bonds. The van der Waals surface area contributed by atoms with Crippen molar-refractivity contribution in [1.82, 2.24) is 0 Å². The smallest absolute Gasteiger partial charge is 0.314 e. The number of carbonyl (C=O) groups excluding carboxylic acids is 1. The lowest BCUT2D eigenvalue weighted by molar-refractivity contribution is -0.142. The molecule has 5 nitrogen and oxygen atoms in total. The van der Waals surface area contributed by atoms with Gasteiger partial charge in [-0.1, -0.05) is 48.5 Å². The van der Waals surface area contributed by atoms with Gasteiger partial charge >= 0.3 is 5.97 Å². The summed E-state index contributed by atoms with van der Waals surface area (Å²) >= 11 is 0. The molecule has 7 heteroatoms. The molecule has 2 unspecified atom stereocenters. The summed E-state index contributed by atoms with van der Waals surface area (Å²) in [6, 6.07) is 16.0. The second-order valence-corrected chi connectivity index (χ2v) is 7.20. The highest BCUT2D eigenvalue weighted by molar-refractivity contribution is 7.91. The normalized spacial score (nSPS) is 13.4. The van der Waals surface area contributed by atoms with Gasteiger partial charge in [0.15, 0.2) is 9.84 Å². The summed E-state index contributed by atoms with van der Waals surface area (Å²) in [5.74, 6) is -1.72. The van der Waals surface area contributed by atoms with E-state index in [0.29, 0.717) is 5.56 Å². The van der Waals surface area contributed by atoms with Crippen LogP contribution in [-0.2, 0) is 19.4 Å². The zero-order chi connectivity index (χ0) is 16.9. The minimum absolute atomic E-state index is 0. The lowest BCUT2D eigenvalue weighted by Crippen LogP contribution is -2.40. The van der Waals surface area contributed by atoms with E-state index in [1.54, 1.807) is 42.5 Å². The minimum Gasteiger partial charge on any atom is -0.469 e. The summed E-state index contributed by atoms with van der Waals surface area (Å²) in [5.41, 5.74) is 6.70. The summed E-state index contributed by atoms with van der Waals surface area (Å²) in [5, 5.41) is 0. The van der Waals surface area contributed by atoms with Crippen LogP contribution in [0.25, 0.3) is 0 Å². The third kappa shape index (κ3) is 4.80. The fourth-order valence-corrected chi connectivity index (χ4v) is 3.88. The van der Waals surface area contributed by atoms with Gasteiger partial charge in [0.25, 0.3) is 0 Å². The van der Waals surface area contributed by atoms with Gasteiger partial charge < -0.3 is 10.5 Å². The van der Waals surface area contributed by atoms with Crippen molar-refractivity contribution in [3.8, 4) is 0 Å². The van der Waals surface area contributed by atoms with Gasteiger partial charge in [-0.3, -0.25) is 4.79 Å². The first-order valence-electron chi connectivity index (χ1n) is 7.12. The van der Waals surface area contributed by atoms with Crippen LogP contribution in [0, 0.1) is 0 Å². The number of hydrogen-bond acceptors (Lipinski definition) is 5. The molecular weight excluding hydrogens is 350 g/mol. The number of benzene rings is 2. The van der Waals surface area contributed by atoms with Crippen LogP contribution in [0.15, 0.2) is 65.6 Å². The third-order valence-corrected chi connectivity index (χ3v) is 5.37. The standard InChI is InChI=1S/C17H19NO4S.ClH/c1-22-17(19)16(13-8-4-2-5-9-13)15(18)12-23(20,21)14-10-6-3-7-11-14;/h2-11,15-16H,12,18H2,1H3;1H. The monoisotopic (exact) mass is 369 g/mol. The Morgan fingerprint density at radius 3 is 2.04 bits per heavy atom. The van der Waals surface area contributed by atoms with Crippen molar-refractivity contribution in [1.29, 1.82) is 0 Å². The van der Waals surface area contributed by atoms with Crippen LogP contribution in [0.2, 0.25) is 0 Å². The molecule has 0 aliphatic carbocycles. The van der Waals surface area contributed by atoms with Gasteiger partial charge in [-0.15, -0.1) is 12.4 Å². The predicted molar refractivity (Wildman–Crippen MR) is 94.9 cm³/mol. The van der Waals surface area contributed by atoms with Gasteiger partial charge in [0.05, 0.1) is 23.7 Å². The summed E-state index contributed by atoms with van der Waals surface area (Å²) in [7, 11) is -2.33. The van der Waals surface area contributed by atoms with Crippen molar-refractivity contribution in [2.75, 3.05) is 12.9 Å². The molecule has 0 heterocycles. The van der Waals surface area contributed by atoms with Crippen LogP contribution in [0.5, 0.6) is 0 Å². The van der Waals surface area contributed by atoms with E-state index in [9.17, 15) is 13.2 Å². The van der Waals surface area contributed by atoms with Gasteiger partial charge in [-0.05, 0) is 17.7 Å². The SMILES string of the molecule is COC(=O)C(c1ccccc1)C(N)CS(=O)(=O)c1ccccc1.Cl. The molecule has 0 saturated heterocycles. The number of ether oxygens (including phenoxy) is 1. The van der Waals surface area contributed by atoms with Crippen LogP contribution < -0.4 is 5.73 Å². The fourth-order valence-electron chi connectivity index (χ4n) is 2.42. The van der Waals surface area contributed by atoms with E-state index in [1.165, 1.54) is 19.2 Å². The van der Waals surface area contributed by atoms with Crippen molar-refractivity contribution in [3.05, 3.63) is 66.2 Å². The second kappa shape index (κ2) is 8.82. The first-order valence-corrected chi connectivity index (χ1v) is 8.77. The maximum absolute atomic E-state index is 12.5. The van der Waals surface area contributed by atoms with Crippen LogP contribution in [0.4, 0.5) is 0 Å². The number of hydrogen-bond donors (Lipinski definition) is 1. The minimum atomic E-state index is -3.59. The van der Waals surface area contributed by atoms with E-state index < -0.39 is 27.8 Å². The number of nitrogens with two attached hydrogens (primary N) is 1. The van der Waals surface area contributed by atoms with E-state index >= 15 is 0 Å². The van der Waals surface area contributed by atoms with Crippen molar-refractivity contribution in [2.24, 2.45) is 5.73 Å². The Balaban J connectivity index is 0.00000288. The first-order chi connectivity index (χ1) is 11.0. The third-order valence-electron chi connectivity index (χ3n) is 3.56. The Hall–Kier alpha value is -1.89. The highest BCUT2D eigenvalue weighted by Gasteiger charge is 2.32. The lowest BCUT2D eigenvalue weighted by atomic mass is 9.93. The van der Waals surface area contributed by atoms with Crippen LogP contribution >= 0.6 is 12.4 Å². The quantitative estimate of drug-likeness (QED) is 0.788. The summed E-state index contributed by atoms with van der Waals surface area (Å²) < 4.78 is 29.7. The van der Waals surface area contributed by atoms with Gasteiger partial charge in [-0.2, -0.15) is 0 Å². The molecule has 2 aromatic rings. The van der Waals surface area contributed by atoms with E-state index in [-0.39, 0.29) is 23.1 Å². The van der Waals surface area contributed by atoms with Crippen LogP contribution in [0.1, 0.15) is 11.5 Å². The average molecular weight is 370 g/mol. The number of esters is 1. The fraction of sp³-hybridized carbons (Fsp3) is 0.235. The van der Waals surface area contributed by atoms with E-state index in [2.05, 4.69) is 0 Å². The highest BCUT2D eigenvalue weighted by Crippen LogP contribution is 2.23. The predicted octanol–water partition coefficient (Wildman–Crippen LogP) is 2.17. The molecule has 0 bridgehead atoms. The molecule has 2 aromatic carbocycles. The second-order valence-electron chi connectivity index (χ2n) is 5.17. The highest BCUT2D eigenvalue weighted by atomic mass is 35.5. The first kappa shape index (κ1) is 20.2. The van der Waals surface area contributed by atoms with Gasteiger partial charge in [0, 0.05) is 6.04 Å². The van der Waals surface area contributed by atoms with Gasteiger partial charge in [0.1, 0.15) is 0 Å². The van der Waals surface area contributed by atoms with E-state index in [4.69, 9.17) is 10.5 Å². The maximum atomic E-state index is 12.5. The van der Waals surface area contributed by atoms with Crippen LogP contribution in [0.3, 0.4) is 0 Å². The Labute approximate surface area is 148 Å². The maximum Gasteiger partial charge on any atom is 0.314 e. The number of carbonyl (C=O) groups is 1. The molecule has 0 saturated carbocycles. The molecular formula is C17H20ClNO4S. The number of rotatable bonds is 6. The molecule has 130 valence electrons. The molecule has 2 atom stereocenters. The molecule has 24 heavy (non-hydrogen) atoms. The molecule has 2 rings (SSSR count). The van der Waals surface area contributed by atoms with Crippen LogP contribution in [-0.4, -0.2) is 33.3 Å². The Morgan fingerprint density at radius 1 is 1.04 bits per heavy atom. The average Bonchev–Trinajstić information content (AvgIpc) is 2.56. The van der Waals surface area contributed by atoms with Crippen molar-refractivity contribution < 1.29 is 17.9 Å². The summed E-state index contributed by atoms with van der Waals surface area (Å²) in [6.07, 6.45) is 0. The Morgan fingerprint density at radius 2 is 1.54 bits per heavy atom. The lowest BCUT2D eigenvalue weighted by Gasteiger charge is -2.22. The molecule has 0 fully saturated rings. The summed E-state index contributed by atoms with van der Waals surface area (Å²) in [4.78, 5) is 12.3. The van der Waals surface area contributed by atoms with E-state index in [0.717, 1.165) is 0 Å². The Kier molecular flexibility index (Phi) is 7.41. The topological polar surface area (TPSA) is 86.5 Å². The molecule has 0 aliphatic rings. The number of methoxy groups -OCH3 is 1. The Bertz CT molecular complexity index is 751. The molecule has 0 aliphatic heterocycles. The van der Waals surface area contributed by atoms with Gasteiger partial charge in [0.2, 0.25) is 0 Å². The largest absolute Gasteiger partial charge is 0.469 e. The zero-order valence-electron chi connectivity index (χ0n) is 13.2. The number of sulfone groups is 1. The van der Waals surface area contributed by atoms with Gasteiger partial charge in [-0.25, -0.2) is 8.42 Å². The van der Waals surface area contributed by atoms with Crippen molar-refractivity contribution in [2.45, 2.75) is 16.9 Å². The molecule has 2 N–H and O–H groups in total. The summed E-state index contributed by atoms with van der Waals surface area (Å²) in [6.45, 7) is 0. The van der Waals surface area contributed by atoms with E-state index in [1.807, 2.05) is 6.07 Å². The molecule has 0 spiro atoms. The van der Waals surface area contributed by atoms with Crippen molar-refractivity contribution >= 4 is 28.2 Å².